The second kappa shape index (κ2) is 12.3. The van der Waals surface area contributed by atoms with E-state index in [-0.39, 0.29) is 5.91 Å². The molecule has 6 nitrogen and oxygen atoms in total. The summed E-state index contributed by atoms with van der Waals surface area (Å²) in [4.78, 5) is 18.6. The van der Waals surface area contributed by atoms with Crippen molar-refractivity contribution in [2.24, 2.45) is 4.99 Å². The Morgan fingerprint density at radius 1 is 1.04 bits per heavy atom. The van der Waals surface area contributed by atoms with Gasteiger partial charge < -0.3 is 16.0 Å². The third-order valence-corrected chi connectivity index (χ3v) is 4.45. The zero-order chi connectivity index (χ0) is 20.2. The van der Waals surface area contributed by atoms with E-state index in [0.29, 0.717) is 30.7 Å². The minimum absolute atomic E-state index is 0.0358. The van der Waals surface area contributed by atoms with Crippen LogP contribution in [0, 0.1) is 0 Å². The molecule has 0 saturated carbocycles. The summed E-state index contributed by atoms with van der Waals surface area (Å²) < 4.78 is 0. The molecule has 0 heterocycles. The summed E-state index contributed by atoms with van der Waals surface area (Å²) in [7, 11) is 1.78. The van der Waals surface area contributed by atoms with Gasteiger partial charge in [0.25, 0.3) is 5.91 Å². The summed E-state index contributed by atoms with van der Waals surface area (Å²) in [6, 6.07) is 8.76. The van der Waals surface area contributed by atoms with Crippen LogP contribution in [0.5, 0.6) is 0 Å². The molecule has 3 N–H and O–H groups in total. The molecule has 0 aliphatic heterocycles. The average Bonchev–Trinajstić information content (AvgIpc) is 2.64. The Morgan fingerprint density at radius 2 is 1.67 bits per heavy atom. The second-order valence-electron chi connectivity index (χ2n) is 7.19. The zero-order valence-electron chi connectivity index (χ0n) is 17.8. The molecule has 6 heteroatoms. The van der Waals surface area contributed by atoms with Crippen LogP contribution in [0.3, 0.4) is 0 Å². The molecule has 27 heavy (non-hydrogen) atoms. The van der Waals surface area contributed by atoms with Gasteiger partial charge in [-0.2, -0.15) is 0 Å². The number of rotatable bonds is 10. The molecule has 0 spiro atoms. The fourth-order valence-corrected chi connectivity index (χ4v) is 3.02. The van der Waals surface area contributed by atoms with Gasteiger partial charge in [0.2, 0.25) is 0 Å². The van der Waals surface area contributed by atoms with Crippen molar-refractivity contribution >= 4 is 11.9 Å². The monoisotopic (exact) mass is 375 g/mol. The van der Waals surface area contributed by atoms with E-state index in [0.717, 1.165) is 31.0 Å². The molecule has 0 fully saturated rings. The SMILES string of the molecule is CCNC(=O)c1ccc(CNC(=NC)NCCCN(C(C)C)C(C)C)cc1. The van der Waals surface area contributed by atoms with Gasteiger partial charge in [-0.1, -0.05) is 12.1 Å². The minimum atomic E-state index is -0.0358. The number of amides is 1. The summed E-state index contributed by atoms with van der Waals surface area (Å²) in [5.41, 5.74) is 1.79. The zero-order valence-corrected chi connectivity index (χ0v) is 17.8. The largest absolute Gasteiger partial charge is 0.356 e. The molecular weight excluding hydrogens is 338 g/mol. The molecule has 0 bridgehead atoms. The normalized spacial score (nSPS) is 12.0. The molecule has 0 unspecified atom stereocenters. The van der Waals surface area contributed by atoms with Crippen molar-refractivity contribution in [1.29, 1.82) is 0 Å². The van der Waals surface area contributed by atoms with Crippen LogP contribution in [-0.2, 0) is 6.54 Å². The Balaban J connectivity index is 2.39. The van der Waals surface area contributed by atoms with Crippen LogP contribution in [0.25, 0.3) is 0 Å². The lowest BCUT2D eigenvalue weighted by molar-refractivity contribution is 0.0956. The van der Waals surface area contributed by atoms with Crippen molar-refractivity contribution in [1.82, 2.24) is 20.9 Å². The molecule has 0 saturated heterocycles. The number of guanidine groups is 1. The minimum Gasteiger partial charge on any atom is -0.356 e. The van der Waals surface area contributed by atoms with Crippen molar-refractivity contribution in [2.75, 3.05) is 26.7 Å². The maximum Gasteiger partial charge on any atom is 0.251 e. The van der Waals surface area contributed by atoms with Crippen LogP contribution >= 0.6 is 0 Å². The van der Waals surface area contributed by atoms with Crippen LogP contribution in [0.2, 0.25) is 0 Å². The van der Waals surface area contributed by atoms with Crippen LogP contribution in [0.15, 0.2) is 29.3 Å². The Kier molecular flexibility index (Phi) is 10.5. The number of aliphatic imine (C=N–C) groups is 1. The van der Waals surface area contributed by atoms with E-state index in [1.807, 2.05) is 31.2 Å². The van der Waals surface area contributed by atoms with Crippen LogP contribution < -0.4 is 16.0 Å². The Hall–Kier alpha value is -2.08. The fourth-order valence-electron chi connectivity index (χ4n) is 3.02. The fraction of sp³-hybridized carbons (Fsp3) is 0.619. The molecule has 152 valence electrons. The highest BCUT2D eigenvalue weighted by atomic mass is 16.1. The summed E-state index contributed by atoms with van der Waals surface area (Å²) in [6.45, 7) is 14.1. The van der Waals surface area contributed by atoms with E-state index in [4.69, 9.17) is 0 Å². The van der Waals surface area contributed by atoms with E-state index in [2.05, 4.69) is 53.5 Å². The molecule has 0 aliphatic carbocycles. The van der Waals surface area contributed by atoms with Gasteiger partial charge in [0.15, 0.2) is 5.96 Å². The maximum atomic E-state index is 11.8. The number of carbonyl (C=O) groups excluding carboxylic acids is 1. The Morgan fingerprint density at radius 3 is 2.19 bits per heavy atom. The lowest BCUT2D eigenvalue weighted by Crippen LogP contribution is -2.41. The van der Waals surface area contributed by atoms with Crippen molar-refractivity contribution in [2.45, 2.75) is 59.7 Å². The van der Waals surface area contributed by atoms with Crippen molar-refractivity contribution in [3.63, 3.8) is 0 Å². The van der Waals surface area contributed by atoms with E-state index >= 15 is 0 Å². The number of hydrogen-bond donors (Lipinski definition) is 3. The first-order chi connectivity index (χ1) is 12.9. The van der Waals surface area contributed by atoms with E-state index in [1.54, 1.807) is 7.05 Å². The first-order valence-electron chi connectivity index (χ1n) is 9.96. The third-order valence-electron chi connectivity index (χ3n) is 4.45. The number of benzene rings is 1. The summed E-state index contributed by atoms with van der Waals surface area (Å²) in [5.74, 6) is 0.759. The summed E-state index contributed by atoms with van der Waals surface area (Å²) in [5, 5.41) is 9.49. The van der Waals surface area contributed by atoms with Crippen molar-refractivity contribution < 1.29 is 4.79 Å². The predicted octanol–water partition coefficient (Wildman–Crippen LogP) is 2.61. The quantitative estimate of drug-likeness (QED) is 0.334. The molecular formula is C21H37N5O. The van der Waals surface area contributed by atoms with E-state index in [1.165, 1.54) is 0 Å². The highest BCUT2D eigenvalue weighted by Gasteiger charge is 2.12. The van der Waals surface area contributed by atoms with E-state index in [9.17, 15) is 4.79 Å². The van der Waals surface area contributed by atoms with Gasteiger partial charge in [-0.3, -0.25) is 14.7 Å². The standard InChI is InChI=1S/C21H37N5O/c1-7-23-20(27)19-11-9-18(10-12-19)15-25-21(22-6)24-13-8-14-26(16(2)3)17(4)5/h9-12,16-17H,7-8,13-15H2,1-6H3,(H,23,27)(H2,22,24,25). The van der Waals surface area contributed by atoms with Gasteiger partial charge in [0, 0.05) is 50.9 Å². The molecule has 0 atom stereocenters. The van der Waals surface area contributed by atoms with Crippen molar-refractivity contribution in [3.05, 3.63) is 35.4 Å². The molecule has 0 aliphatic rings. The number of nitrogens with zero attached hydrogens (tertiary/aromatic N) is 2. The summed E-state index contributed by atoms with van der Waals surface area (Å²) in [6.07, 6.45) is 1.07. The molecule has 1 amide bonds. The predicted molar refractivity (Wildman–Crippen MR) is 114 cm³/mol. The van der Waals surface area contributed by atoms with Gasteiger partial charge in [0.05, 0.1) is 0 Å². The lowest BCUT2D eigenvalue weighted by Gasteiger charge is -2.30. The topological polar surface area (TPSA) is 68.8 Å². The smallest absolute Gasteiger partial charge is 0.251 e. The highest BCUT2D eigenvalue weighted by molar-refractivity contribution is 5.94. The van der Waals surface area contributed by atoms with Crippen LogP contribution in [0.4, 0.5) is 0 Å². The Bertz CT molecular complexity index is 573. The molecule has 0 radical (unpaired) electrons. The van der Waals surface area contributed by atoms with E-state index < -0.39 is 0 Å². The lowest BCUT2D eigenvalue weighted by atomic mass is 10.1. The number of nitrogens with one attached hydrogen (secondary N) is 3. The van der Waals surface area contributed by atoms with Gasteiger partial charge in [-0.05, 0) is 58.7 Å². The first kappa shape index (κ1) is 23.0. The number of hydrogen-bond acceptors (Lipinski definition) is 3. The second-order valence-corrected chi connectivity index (χ2v) is 7.19. The van der Waals surface area contributed by atoms with Crippen LogP contribution in [0.1, 0.15) is 57.0 Å². The molecule has 1 rings (SSSR count). The average molecular weight is 376 g/mol. The van der Waals surface area contributed by atoms with Gasteiger partial charge in [-0.15, -0.1) is 0 Å². The van der Waals surface area contributed by atoms with Gasteiger partial charge >= 0.3 is 0 Å². The number of carbonyl (C=O) groups is 1. The highest BCUT2D eigenvalue weighted by Crippen LogP contribution is 2.06. The molecule has 1 aromatic carbocycles. The third kappa shape index (κ3) is 8.43. The molecule has 1 aromatic rings. The van der Waals surface area contributed by atoms with Crippen molar-refractivity contribution in [3.8, 4) is 0 Å². The molecule has 0 aromatic heterocycles. The van der Waals surface area contributed by atoms with Gasteiger partial charge in [0.1, 0.15) is 0 Å². The van der Waals surface area contributed by atoms with Crippen LogP contribution in [-0.4, -0.2) is 55.5 Å². The summed E-state index contributed by atoms with van der Waals surface area (Å²) >= 11 is 0. The van der Waals surface area contributed by atoms with Gasteiger partial charge in [-0.25, -0.2) is 0 Å². The maximum absolute atomic E-state index is 11.8. The Labute approximate surface area is 164 Å². The first-order valence-corrected chi connectivity index (χ1v) is 9.96.